The standard InChI is InChI=1S/C21H21N3O3S/c1-4-23-20-12-16(27-2)7-8-17(20)18(13-22)21(23)15-6-5-14-9-10-24(19(14)11-15)28(3,25)26/h5-8,11-12H,4,9-10H2,1-3H3. The zero-order chi connectivity index (χ0) is 20.1. The third-order valence-corrected chi connectivity index (χ3v) is 6.49. The Labute approximate surface area is 164 Å². The molecule has 2 aromatic carbocycles. The molecule has 0 bridgehead atoms. The predicted octanol–water partition coefficient (Wildman–Crippen LogP) is 3.53. The van der Waals surface area contributed by atoms with Gasteiger partial charge in [0.2, 0.25) is 10.0 Å². The third-order valence-electron chi connectivity index (χ3n) is 5.31. The van der Waals surface area contributed by atoms with Gasteiger partial charge in [0, 0.05) is 30.1 Å². The molecule has 4 rings (SSSR count). The Bertz CT molecular complexity index is 1240. The average Bonchev–Trinajstić information content (AvgIpc) is 3.24. The first-order valence-electron chi connectivity index (χ1n) is 9.10. The van der Waals surface area contributed by atoms with Gasteiger partial charge in [0.05, 0.1) is 35.8 Å². The normalized spacial score (nSPS) is 13.6. The molecule has 0 radical (unpaired) electrons. The molecule has 3 aromatic rings. The second kappa shape index (κ2) is 6.57. The van der Waals surface area contributed by atoms with Crippen molar-refractivity contribution in [3.63, 3.8) is 0 Å². The van der Waals surface area contributed by atoms with Crippen LogP contribution in [0, 0.1) is 11.3 Å². The van der Waals surface area contributed by atoms with Crippen molar-refractivity contribution in [2.45, 2.75) is 19.9 Å². The number of rotatable bonds is 4. The molecular formula is C21H21N3O3S. The first kappa shape index (κ1) is 18.4. The number of anilines is 1. The van der Waals surface area contributed by atoms with Crippen molar-refractivity contribution >= 4 is 26.6 Å². The van der Waals surface area contributed by atoms with E-state index >= 15 is 0 Å². The van der Waals surface area contributed by atoms with Crippen molar-refractivity contribution in [2.24, 2.45) is 0 Å². The van der Waals surface area contributed by atoms with Crippen LogP contribution in [0.25, 0.3) is 22.2 Å². The number of sulfonamides is 1. The number of aromatic nitrogens is 1. The van der Waals surface area contributed by atoms with Crippen LogP contribution in [0.2, 0.25) is 0 Å². The van der Waals surface area contributed by atoms with Gasteiger partial charge in [-0.25, -0.2) is 8.42 Å². The van der Waals surface area contributed by atoms with E-state index < -0.39 is 10.0 Å². The van der Waals surface area contributed by atoms with Crippen molar-refractivity contribution in [3.8, 4) is 23.1 Å². The molecule has 0 fully saturated rings. The highest BCUT2D eigenvalue weighted by Crippen LogP contribution is 2.39. The number of ether oxygens (including phenoxy) is 1. The number of aryl methyl sites for hydroxylation is 1. The molecule has 2 heterocycles. The first-order valence-corrected chi connectivity index (χ1v) is 10.9. The summed E-state index contributed by atoms with van der Waals surface area (Å²) in [7, 11) is -1.72. The molecule has 1 aliphatic rings. The fourth-order valence-electron chi connectivity index (χ4n) is 4.04. The Morgan fingerprint density at radius 1 is 1.21 bits per heavy atom. The quantitative estimate of drug-likeness (QED) is 0.677. The number of hydrogen-bond donors (Lipinski definition) is 0. The molecule has 28 heavy (non-hydrogen) atoms. The van der Waals surface area contributed by atoms with Crippen LogP contribution in [0.1, 0.15) is 18.1 Å². The molecular weight excluding hydrogens is 374 g/mol. The molecule has 0 saturated heterocycles. The van der Waals surface area contributed by atoms with Crippen LogP contribution in [0.4, 0.5) is 5.69 Å². The predicted molar refractivity (Wildman–Crippen MR) is 110 cm³/mol. The summed E-state index contributed by atoms with van der Waals surface area (Å²) in [5.74, 6) is 0.730. The molecule has 0 spiro atoms. The van der Waals surface area contributed by atoms with Crippen molar-refractivity contribution in [1.29, 1.82) is 5.26 Å². The molecule has 0 unspecified atom stereocenters. The van der Waals surface area contributed by atoms with Gasteiger partial charge in [0.1, 0.15) is 11.8 Å². The van der Waals surface area contributed by atoms with Crippen LogP contribution in [0.5, 0.6) is 5.75 Å². The van der Waals surface area contributed by atoms with Crippen molar-refractivity contribution in [2.75, 3.05) is 24.2 Å². The summed E-state index contributed by atoms with van der Waals surface area (Å²) in [6.07, 6.45) is 1.92. The summed E-state index contributed by atoms with van der Waals surface area (Å²) in [4.78, 5) is 0. The highest BCUT2D eigenvalue weighted by molar-refractivity contribution is 7.92. The van der Waals surface area contributed by atoms with Gasteiger partial charge in [-0.3, -0.25) is 4.31 Å². The molecule has 0 saturated carbocycles. The molecule has 0 amide bonds. The molecule has 0 aliphatic carbocycles. The van der Waals surface area contributed by atoms with E-state index in [2.05, 4.69) is 10.6 Å². The lowest BCUT2D eigenvalue weighted by Crippen LogP contribution is -2.27. The maximum absolute atomic E-state index is 12.2. The van der Waals surface area contributed by atoms with Gasteiger partial charge < -0.3 is 9.30 Å². The SMILES string of the molecule is CCn1c(-c2ccc3c(c2)N(S(C)(=O)=O)CC3)c(C#N)c2ccc(OC)cc21. The molecule has 0 atom stereocenters. The topological polar surface area (TPSA) is 75.3 Å². The maximum atomic E-state index is 12.2. The van der Waals surface area contributed by atoms with Gasteiger partial charge in [-0.15, -0.1) is 0 Å². The van der Waals surface area contributed by atoms with E-state index in [1.54, 1.807) is 7.11 Å². The minimum atomic E-state index is -3.33. The number of fused-ring (bicyclic) bond motifs is 2. The lowest BCUT2D eigenvalue weighted by Gasteiger charge is -2.17. The molecule has 1 aliphatic heterocycles. The maximum Gasteiger partial charge on any atom is 0.232 e. The number of methoxy groups -OCH3 is 1. The fraction of sp³-hybridized carbons (Fsp3) is 0.286. The number of benzene rings is 2. The summed E-state index contributed by atoms with van der Waals surface area (Å²) in [6.45, 7) is 3.16. The van der Waals surface area contributed by atoms with E-state index in [0.717, 1.165) is 33.5 Å². The van der Waals surface area contributed by atoms with E-state index in [1.165, 1.54) is 10.6 Å². The molecule has 144 valence electrons. The van der Waals surface area contributed by atoms with Crippen molar-refractivity contribution in [3.05, 3.63) is 47.5 Å². The fourth-order valence-corrected chi connectivity index (χ4v) is 4.99. The van der Waals surface area contributed by atoms with Crippen LogP contribution in [0.15, 0.2) is 36.4 Å². The Hall–Kier alpha value is -2.98. The molecule has 1 aromatic heterocycles. The van der Waals surface area contributed by atoms with Gasteiger partial charge >= 0.3 is 0 Å². The summed E-state index contributed by atoms with van der Waals surface area (Å²) in [6, 6.07) is 13.9. The van der Waals surface area contributed by atoms with Gasteiger partial charge in [-0.2, -0.15) is 5.26 Å². The van der Waals surface area contributed by atoms with Crippen LogP contribution in [-0.4, -0.2) is 32.9 Å². The Morgan fingerprint density at radius 2 is 2.00 bits per heavy atom. The summed E-state index contributed by atoms with van der Waals surface area (Å²) in [5, 5.41) is 10.7. The van der Waals surface area contributed by atoms with Crippen LogP contribution in [0.3, 0.4) is 0 Å². The van der Waals surface area contributed by atoms with Gasteiger partial charge in [0.15, 0.2) is 0 Å². The average molecular weight is 395 g/mol. The van der Waals surface area contributed by atoms with E-state index in [0.29, 0.717) is 30.8 Å². The lowest BCUT2D eigenvalue weighted by molar-refractivity contribution is 0.415. The van der Waals surface area contributed by atoms with Crippen molar-refractivity contribution < 1.29 is 13.2 Å². The highest BCUT2D eigenvalue weighted by atomic mass is 32.2. The number of hydrogen-bond acceptors (Lipinski definition) is 4. The number of nitriles is 1. The van der Waals surface area contributed by atoms with E-state index in [1.807, 2.05) is 43.3 Å². The van der Waals surface area contributed by atoms with E-state index in [9.17, 15) is 13.7 Å². The molecule has 0 N–H and O–H groups in total. The van der Waals surface area contributed by atoms with Crippen LogP contribution >= 0.6 is 0 Å². The molecule has 7 heteroatoms. The smallest absolute Gasteiger partial charge is 0.232 e. The summed E-state index contributed by atoms with van der Waals surface area (Å²) >= 11 is 0. The number of nitrogens with zero attached hydrogens (tertiary/aromatic N) is 3. The summed E-state index contributed by atoms with van der Waals surface area (Å²) < 4.78 is 33.2. The van der Waals surface area contributed by atoms with Crippen LogP contribution < -0.4 is 9.04 Å². The van der Waals surface area contributed by atoms with Crippen LogP contribution in [-0.2, 0) is 23.0 Å². The minimum absolute atomic E-state index is 0.455. The molecule has 6 nitrogen and oxygen atoms in total. The van der Waals surface area contributed by atoms with E-state index in [4.69, 9.17) is 4.74 Å². The largest absolute Gasteiger partial charge is 0.497 e. The third kappa shape index (κ3) is 2.72. The monoisotopic (exact) mass is 395 g/mol. The highest BCUT2D eigenvalue weighted by Gasteiger charge is 2.27. The zero-order valence-corrected chi connectivity index (χ0v) is 16.9. The zero-order valence-electron chi connectivity index (χ0n) is 16.1. The van der Waals surface area contributed by atoms with Gasteiger partial charge in [-0.1, -0.05) is 12.1 Å². The minimum Gasteiger partial charge on any atom is -0.497 e. The Morgan fingerprint density at radius 3 is 2.64 bits per heavy atom. The van der Waals surface area contributed by atoms with E-state index in [-0.39, 0.29) is 0 Å². The van der Waals surface area contributed by atoms with Gasteiger partial charge in [0.25, 0.3) is 0 Å². The Kier molecular flexibility index (Phi) is 4.31. The summed E-state index contributed by atoms with van der Waals surface area (Å²) in [5.41, 5.74) is 4.86. The Balaban J connectivity index is 1.99. The second-order valence-electron chi connectivity index (χ2n) is 6.89. The lowest BCUT2D eigenvalue weighted by atomic mass is 10.0. The van der Waals surface area contributed by atoms with Crippen molar-refractivity contribution in [1.82, 2.24) is 4.57 Å². The van der Waals surface area contributed by atoms with Gasteiger partial charge in [-0.05, 0) is 37.1 Å². The second-order valence-corrected chi connectivity index (χ2v) is 8.80. The first-order chi connectivity index (χ1) is 13.4.